The number of hydrogen-bond donors (Lipinski definition) is 2. The maximum atomic E-state index is 9.96. The predicted molar refractivity (Wildman–Crippen MR) is 68.7 cm³/mol. The van der Waals surface area contributed by atoms with Crippen molar-refractivity contribution in [2.24, 2.45) is 0 Å². The van der Waals surface area contributed by atoms with Gasteiger partial charge in [0, 0.05) is 6.04 Å². The van der Waals surface area contributed by atoms with E-state index in [2.05, 4.69) is 11.4 Å². The van der Waals surface area contributed by atoms with Gasteiger partial charge in [0.15, 0.2) is 11.5 Å². The first-order chi connectivity index (χ1) is 8.15. The van der Waals surface area contributed by atoms with Gasteiger partial charge in [-0.05, 0) is 49.9 Å². The van der Waals surface area contributed by atoms with Gasteiger partial charge in [-0.25, -0.2) is 0 Å². The summed E-state index contributed by atoms with van der Waals surface area (Å²) in [5.74, 6) is 0.886. The Morgan fingerprint density at radius 3 is 2.71 bits per heavy atom. The van der Waals surface area contributed by atoms with Gasteiger partial charge in [-0.1, -0.05) is 12.5 Å². The lowest BCUT2D eigenvalue weighted by Crippen LogP contribution is -2.27. The van der Waals surface area contributed by atoms with Crippen LogP contribution < -0.4 is 10.1 Å². The van der Waals surface area contributed by atoms with Crippen LogP contribution in [0.4, 0.5) is 0 Å². The van der Waals surface area contributed by atoms with Gasteiger partial charge in [0.05, 0.1) is 7.11 Å². The molecule has 1 saturated heterocycles. The molecule has 0 aliphatic carbocycles. The summed E-state index contributed by atoms with van der Waals surface area (Å²) in [6.07, 6.45) is 3.68. The number of nitrogens with one attached hydrogen (secondary N) is 1. The summed E-state index contributed by atoms with van der Waals surface area (Å²) in [5.41, 5.74) is 3.20. The van der Waals surface area contributed by atoms with Crippen LogP contribution in [0.15, 0.2) is 6.07 Å². The van der Waals surface area contributed by atoms with Gasteiger partial charge in [0.2, 0.25) is 0 Å². The summed E-state index contributed by atoms with van der Waals surface area (Å²) in [6, 6.07) is 2.48. The standard InChI is InChI=1S/C14H21NO2/c1-9-8-11(12-6-4-5-7-15-12)10(2)14(17-3)13(9)16/h8,12,15-16H,4-7H2,1-3H3. The summed E-state index contributed by atoms with van der Waals surface area (Å²) in [4.78, 5) is 0. The third kappa shape index (κ3) is 2.25. The SMILES string of the molecule is COc1c(C)c(C2CCCCN2)cc(C)c1O. The monoisotopic (exact) mass is 235 g/mol. The molecule has 0 saturated carbocycles. The first-order valence-electron chi connectivity index (χ1n) is 6.25. The third-order valence-electron chi connectivity index (χ3n) is 3.62. The highest BCUT2D eigenvalue weighted by molar-refractivity contribution is 5.54. The minimum atomic E-state index is 0.268. The number of phenols is 1. The zero-order valence-electron chi connectivity index (χ0n) is 10.8. The van der Waals surface area contributed by atoms with E-state index in [9.17, 15) is 5.11 Å². The van der Waals surface area contributed by atoms with E-state index in [1.807, 2.05) is 13.8 Å². The average Bonchev–Trinajstić information content (AvgIpc) is 2.36. The van der Waals surface area contributed by atoms with Crippen molar-refractivity contribution in [1.82, 2.24) is 5.32 Å². The van der Waals surface area contributed by atoms with E-state index >= 15 is 0 Å². The minimum Gasteiger partial charge on any atom is -0.504 e. The summed E-state index contributed by atoms with van der Waals surface area (Å²) in [6.45, 7) is 5.01. The molecule has 3 nitrogen and oxygen atoms in total. The predicted octanol–water partition coefficient (Wildman–Crippen LogP) is 2.83. The van der Waals surface area contributed by atoms with Gasteiger partial charge in [-0.3, -0.25) is 0 Å². The lowest BCUT2D eigenvalue weighted by atomic mass is 9.92. The quantitative estimate of drug-likeness (QED) is 0.828. The molecule has 1 fully saturated rings. The molecule has 1 aliphatic heterocycles. The Morgan fingerprint density at radius 2 is 2.12 bits per heavy atom. The molecule has 0 bridgehead atoms. The second-order valence-electron chi connectivity index (χ2n) is 4.79. The van der Waals surface area contributed by atoms with E-state index in [0.29, 0.717) is 11.8 Å². The van der Waals surface area contributed by atoms with Crippen LogP contribution in [0.5, 0.6) is 11.5 Å². The first-order valence-corrected chi connectivity index (χ1v) is 6.25. The molecule has 1 aromatic rings. The molecule has 1 unspecified atom stereocenters. The number of benzene rings is 1. The number of piperidine rings is 1. The molecule has 94 valence electrons. The number of rotatable bonds is 2. The smallest absolute Gasteiger partial charge is 0.163 e. The lowest BCUT2D eigenvalue weighted by molar-refractivity contribution is 0.363. The van der Waals surface area contributed by atoms with Crippen molar-refractivity contribution in [2.45, 2.75) is 39.2 Å². The number of phenolic OH excluding ortho intramolecular Hbond substituents is 1. The Bertz CT molecular complexity index is 409. The molecule has 0 aromatic heterocycles. The normalized spacial score (nSPS) is 20.3. The van der Waals surface area contributed by atoms with E-state index in [1.54, 1.807) is 7.11 Å². The Kier molecular flexibility index (Phi) is 3.57. The fourth-order valence-electron chi connectivity index (χ4n) is 2.63. The van der Waals surface area contributed by atoms with Gasteiger partial charge < -0.3 is 15.2 Å². The van der Waals surface area contributed by atoms with Crippen LogP contribution in [0.1, 0.15) is 42.0 Å². The van der Waals surface area contributed by atoms with Gasteiger partial charge in [-0.2, -0.15) is 0 Å². The topological polar surface area (TPSA) is 41.5 Å². The van der Waals surface area contributed by atoms with Crippen molar-refractivity contribution in [2.75, 3.05) is 13.7 Å². The fraction of sp³-hybridized carbons (Fsp3) is 0.571. The molecule has 0 amide bonds. The second kappa shape index (κ2) is 4.96. The van der Waals surface area contributed by atoms with Crippen LogP contribution in [0.2, 0.25) is 0 Å². The third-order valence-corrected chi connectivity index (χ3v) is 3.62. The molecule has 1 atom stereocenters. The molecular weight excluding hydrogens is 214 g/mol. The largest absolute Gasteiger partial charge is 0.504 e. The minimum absolute atomic E-state index is 0.268. The second-order valence-corrected chi connectivity index (χ2v) is 4.79. The number of methoxy groups -OCH3 is 1. The molecule has 1 aliphatic rings. The van der Waals surface area contributed by atoms with Crippen molar-refractivity contribution in [3.05, 3.63) is 22.8 Å². The lowest BCUT2D eigenvalue weighted by Gasteiger charge is -2.26. The number of ether oxygens (including phenoxy) is 1. The average molecular weight is 235 g/mol. The van der Waals surface area contributed by atoms with Crippen molar-refractivity contribution in [3.8, 4) is 11.5 Å². The Balaban J connectivity index is 2.42. The number of aromatic hydroxyl groups is 1. The van der Waals surface area contributed by atoms with Crippen LogP contribution in [0.25, 0.3) is 0 Å². The van der Waals surface area contributed by atoms with E-state index in [0.717, 1.165) is 24.1 Å². The zero-order chi connectivity index (χ0) is 12.4. The van der Waals surface area contributed by atoms with E-state index in [4.69, 9.17) is 4.74 Å². The summed E-state index contributed by atoms with van der Waals surface area (Å²) in [5, 5.41) is 13.5. The van der Waals surface area contributed by atoms with Gasteiger partial charge in [0.25, 0.3) is 0 Å². The Morgan fingerprint density at radius 1 is 1.35 bits per heavy atom. The molecule has 0 spiro atoms. The Labute approximate surface area is 103 Å². The zero-order valence-corrected chi connectivity index (χ0v) is 10.8. The van der Waals surface area contributed by atoms with E-state index in [-0.39, 0.29) is 5.75 Å². The van der Waals surface area contributed by atoms with Crippen molar-refractivity contribution < 1.29 is 9.84 Å². The maximum Gasteiger partial charge on any atom is 0.163 e. The molecule has 1 heterocycles. The van der Waals surface area contributed by atoms with E-state index in [1.165, 1.54) is 18.4 Å². The molecule has 1 aromatic carbocycles. The van der Waals surface area contributed by atoms with Crippen LogP contribution in [-0.4, -0.2) is 18.8 Å². The first kappa shape index (κ1) is 12.2. The Hall–Kier alpha value is -1.22. The fourth-order valence-corrected chi connectivity index (χ4v) is 2.63. The summed E-state index contributed by atoms with van der Waals surface area (Å²) in [7, 11) is 1.61. The number of hydrogen-bond acceptors (Lipinski definition) is 3. The number of aryl methyl sites for hydroxylation is 1. The molecule has 3 heteroatoms. The van der Waals surface area contributed by atoms with Crippen molar-refractivity contribution in [1.29, 1.82) is 0 Å². The van der Waals surface area contributed by atoms with Gasteiger partial charge >= 0.3 is 0 Å². The molecule has 2 rings (SSSR count). The van der Waals surface area contributed by atoms with Gasteiger partial charge in [-0.15, -0.1) is 0 Å². The molecule has 0 radical (unpaired) electrons. The summed E-state index contributed by atoms with van der Waals surface area (Å²) >= 11 is 0. The highest BCUT2D eigenvalue weighted by Crippen LogP contribution is 2.39. The van der Waals surface area contributed by atoms with Crippen LogP contribution in [0, 0.1) is 13.8 Å². The highest BCUT2D eigenvalue weighted by atomic mass is 16.5. The van der Waals surface area contributed by atoms with Crippen molar-refractivity contribution in [3.63, 3.8) is 0 Å². The summed E-state index contributed by atoms with van der Waals surface area (Å²) < 4.78 is 5.31. The molecule has 2 N–H and O–H groups in total. The van der Waals surface area contributed by atoms with Crippen LogP contribution in [0.3, 0.4) is 0 Å². The van der Waals surface area contributed by atoms with Gasteiger partial charge in [0.1, 0.15) is 0 Å². The maximum absolute atomic E-state index is 9.96. The van der Waals surface area contributed by atoms with Crippen LogP contribution in [-0.2, 0) is 0 Å². The van der Waals surface area contributed by atoms with Crippen molar-refractivity contribution >= 4 is 0 Å². The van der Waals surface area contributed by atoms with E-state index < -0.39 is 0 Å². The highest BCUT2D eigenvalue weighted by Gasteiger charge is 2.21. The van der Waals surface area contributed by atoms with Crippen LogP contribution >= 0.6 is 0 Å². The molecule has 17 heavy (non-hydrogen) atoms. The molecular formula is C14H21NO2.